The van der Waals surface area contributed by atoms with Gasteiger partial charge in [0.15, 0.2) is 0 Å². The molecule has 0 spiro atoms. The molecule has 0 bridgehead atoms. The molecule has 0 fully saturated rings. The molecule has 0 aliphatic carbocycles. The van der Waals surface area contributed by atoms with Crippen molar-refractivity contribution in [1.29, 1.82) is 5.26 Å². The fraction of sp³-hybridized carbons (Fsp3) is 0.125. The summed E-state index contributed by atoms with van der Waals surface area (Å²) in [7, 11) is 0. The van der Waals surface area contributed by atoms with E-state index in [0.717, 1.165) is 33.4 Å². The molecule has 0 radical (unpaired) electrons. The number of rotatable bonds is 2. The topological polar surface area (TPSA) is 89.8 Å². The minimum absolute atomic E-state index is 0.0390. The SMILES string of the molecule is Cc1ccc2cc(C3C(C#N)=C(N)Oc4c3c(C)nn4-c3ccccc3)c(Cl)nc2c1. The minimum Gasteiger partial charge on any atom is -0.422 e. The molecule has 0 amide bonds. The van der Waals surface area contributed by atoms with Gasteiger partial charge >= 0.3 is 0 Å². The van der Waals surface area contributed by atoms with Crippen molar-refractivity contribution in [1.82, 2.24) is 14.8 Å². The van der Waals surface area contributed by atoms with Gasteiger partial charge in [0.25, 0.3) is 0 Å². The quantitative estimate of drug-likeness (QED) is 0.459. The molecule has 7 heteroatoms. The van der Waals surface area contributed by atoms with Crippen LogP contribution in [0.15, 0.2) is 66.1 Å². The third kappa shape index (κ3) is 3.02. The van der Waals surface area contributed by atoms with Crippen molar-refractivity contribution < 1.29 is 4.74 Å². The fourth-order valence-corrected chi connectivity index (χ4v) is 4.30. The maximum absolute atomic E-state index is 9.92. The minimum atomic E-state index is -0.531. The first-order valence-electron chi connectivity index (χ1n) is 9.77. The number of nitrogens with two attached hydrogens (primary N) is 1. The second kappa shape index (κ2) is 7.15. The van der Waals surface area contributed by atoms with E-state index in [9.17, 15) is 5.26 Å². The fourth-order valence-electron chi connectivity index (χ4n) is 4.04. The van der Waals surface area contributed by atoms with E-state index in [-0.39, 0.29) is 5.88 Å². The summed E-state index contributed by atoms with van der Waals surface area (Å²) in [6.45, 7) is 3.89. The maximum atomic E-state index is 9.92. The monoisotopic (exact) mass is 427 g/mol. The molecular formula is C24H18ClN5O. The number of para-hydroxylation sites is 1. The summed E-state index contributed by atoms with van der Waals surface area (Å²) < 4.78 is 7.61. The Morgan fingerprint density at radius 3 is 2.65 bits per heavy atom. The average Bonchev–Trinajstić information content (AvgIpc) is 3.09. The van der Waals surface area contributed by atoms with E-state index in [2.05, 4.69) is 16.2 Å². The van der Waals surface area contributed by atoms with E-state index in [0.29, 0.717) is 22.2 Å². The summed E-state index contributed by atoms with van der Waals surface area (Å²) in [5, 5.41) is 15.9. The normalized spacial score (nSPS) is 15.5. The van der Waals surface area contributed by atoms with Gasteiger partial charge in [0, 0.05) is 10.9 Å². The number of halogens is 1. The Morgan fingerprint density at radius 2 is 1.90 bits per heavy atom. The summed E-state index contributed by atoms with van der Waals surface area (Å²) in [4.78, 5) is 4.60. The van der Waals surface area contributed by atoms with Crippen LogP contribution in [-0.2, 0) is 0 Å². The molecule has 1 atom stereocenters. The first kappa shape index (κ1) is 19.2. The molecule has 1 aliphatic heterocycles. The van der Waals surface area contributed by atoms with E-state index in [4.69, 9.17) is 22.1 Å². The number of fused-ring (bicyclic) bond motifs is 2. The van der Waals surface area contributed by atoms with E-state index < -0.39 is 5.92 Å². The standard InChI is InChI=1S/C24H18ClN5O/c1-13-8-9-15-11-17(22(25)28-19(15)10-13)21-18(12-26)23(27)31-24-20(21)14(2)29-30(24)16-6-4-3-5-7-16/h3-11,21H,27H2,1-2H3. The Kier molecular flexibility index (Phi) is 4.42. The summed E-state index contributed by atoms with van der Waals surface area (Å²) in [5.41, 5.74) is 11.4. The Bertz CT molecular complexity index is 1420. The van der Waals surface area contributed by atoms with E-state index in [1.54, 1.807) is 4.68 Å². The van der Waals surface area contributed by atoms with Crippen LogP contribution in [0.3, 0.4) is 0 Å². The highest BCUT2D eigenvalue weighted by molar-refractivity contribution is 6.30. The van der Waals surface area contributed by atoms with Crippen molar-refractivity contribution in [2.75, 3.05) is 0 Å². The summed E-state index contributed by atoms with van der Waals surface area (Å²) in [6, 6.07) is 19.8. The van der Waals surface area contributed by atoms with Gasteiger partial charge in [0.05, 0.1) is 28.4 Å². The molecule has 152 valence electrons. The average molecular weight is 428 g/mol. The predicted molar refractivity (Wildman–Crippen MR) is 119 cm³/mol. The number of aryl methyl sites for hydroxylation is 2. The Morgan fingerprint density at radius 1 is 1.13 bits per heavy atom. The molecule has 0 saturated heterocycles. The number of pyridine rings is 1. The van der Waals surface area contributed by atoms with Gasteiger partial charge in [-0.3, -0.25) is 0 Å². The van der Waals surface area contributed by atoms with Crippen molar-refractivity contribution in [3.63, 3.8) is 0 Å². The highest BCUT2D eigenvalue weighted by Gasteiger charge is 2.37. The highest BCUT2D eigenvalue weighted by atomic mass is 35.5. The van der Waals surface area contributed by atoms with Crippen molar-refractivity contribution >= 4 is 22.5 Å². The summed E-state index contributed by atoms with van der Waals surface area (Å²) in [6.07, 6.45) is 0. The zero-order valence-corrected chi connectivity index (χ0v) is 17.7. The summed E-state index contributed by atoms with van der Waals surface area (Å²) in [5.74, 6) is -0.0145. The van der Waals surface area contributed by atoms with E-state index in [1.165, 1.54) is 0 Å². The van der Waals surface area contributed by atoms with E-state index in [1.807, 2.05) is 68.4 Å². The zero-order chi connectivity index (χ0) is 21.7. The van der Waals surface area contributed by atoms with Gasteiger partial charge in [-0.05, 0) is 43.7 Å². The second-order valence-electron chi connectivity index (χ2n) is 7.54. The van der Waals surface area contributed by atoms with Gasteiger partial charge in [-0.25, -0.2) is 9.67 Å². The van der Waals surface area contributed by atoms with Crippen LogP contribution in [0.4, 0.5) is 0 Å². The molecule has 0 saturated carbocycles. The number of nitrogens with zero attached hydrogens (tertiary/aromatic N) is 4. The van der Waals surface area contributed by atoms with Crippen LogP contribution in [0.5, 0.6) is 5.88 Å². The van der Waals surface area contributed by atoms with Crippen molar-refractivity contribution in [2.45, 2.75) is 19.8 Å². The highest BCUT2D eigenvalue weighted by Crippen LogP contribution is 2.46. The van der Waals surface area contributed by atoms with E-state index >= 15 is 0 Å². The van der Waals surface area contributed by atoms with Crippen LogP contribution >= 0.6 is 11.6 Å². The van der Waals surface area contributed by atoms with Gasteiger partial charge in [0.1, 0.15) is 16.8 Å². The van der Waals surface area contributed by atoms with Crippen LogP contribution in [0.25, 0.3) is 16.6 Å². The van der Waals surface area contributed by atoms with Crippen LogP contribution in [-0.4, -0.2) is 14.8 Å². The number of hydrogen-bond acceptors (Lipinski definition) is 5. The molecule has 2 aromatic heterocycles. The largest absolute Gasteiger partial charge is 0.422 e. The predicted octanol–water partition coefficient (Wildman–Crippen LogP) is 4.91. The third-order valence-corrected chi connectivity index (χ3v) is 5.80. The summed E-state index contributed by atoms with van der Waals surface area (Å²) >= 11 is 6.65. The second-order valence-corrected chi connectivity index (χ2v) is 7.90. The van der Waals surface area contributed by atoms with Gasteiger partial charge in [0.2, 0.25) is 11.8 Å². The molecule has 2 aromatic carbocycles. The molecule has 2 N–H and O–H groups in total. The lowest BCUT2D eigenvalue weighted by Gasteiger charge is -2.25. The van der Waals surface area contributed by atoms with Crippen molar-refractivity contribution in [3.05, 3.63) is 93.6 Å². The Labute approximate surface area is 184 Å². The molecule has 5 rings (SSSR count). The molecule has 1 aliphatic rings. The zero-order valence-electron chi connectivity index (χ0n) is 16.9. The van der Waals surface area contributed by atoms with Gasteiger partial charge in [-0.15, -0.1) is 0 Å². The van der Waals surface area contributed by atoms with Gasteiger partial charge < -0.3 is 10.5 Å². The smallest absolute Gasteiger partial charge is 0.229 e. The lowest BCUT2D eigenvalue weighted by Crippen LogP contribution is -2.22. The van der Waals surface area contributed by atoms with Gasteiger partial charge in [-0.1, -0.05) is 41.9 Å². The number of benzene rings is 2. The number of ether oxygens (including phenoxy) is 1. The van der Waals surface area contributed by atoms with Crippen LogP contribution in [0.2, 0.25) is 5.15 Å². The lowest BCUT2D eigenvalue weighted by molar-refractivity contribution is 0.367. The third-order valence-electron chi connectivity index (χ3n) is 5.50. The molecule has 31 heavy (non-hydrogen) atoms. The molecule has 1 unspecified atom stereocenters. The molecule has 4 aromatic rings. The Hall–Kier alpha value is -3.82. The first-order chi connectivity index (χ1) is 15.0. The molecule has 3 heterocycles. The number of aromatic nitrogens is 3. The number of hydrogen-bond donors (Lipinski definition) is 1. The number of nitriles is 1. The maximum Gasteiger partial charge on any atom is 0.229 e. The van der Waals surface area contributed by atoms with Crippen molar-refractivity contribution in [3.8, 4) is 17.6 Å². The number of allylic oxidation sites excluding steroid dienone is 1. The van der Waals surface area contributed by atoms with Crippen LogP contribution in [0, 0.1) is 25.2 Å². The van der Waals surface area contributed by atoms with Crippen LogP contribution in [0.1, 0.15) is 28.3 Å². The molecular weight excluding hydrogens is 410 g/mol. The van der Waals surface area contributed by atoms with Crippen molar-refractivity contribution in [2.24, 2.45) is 5.73 Å². The Balaban J connectivity index is 1.78. The van der Waals surface area contributed by atoms with Gasteiger partial charge in [-0.2, -0.15) is 10.4 Å². The first-order valence-corrected chi connectivity index (χ1v) is 10.1. The lowest BCUT2D eigenvalue weighted by atomic mass is 9.84. The van der Waals surface area contributed by atoms with Crippen LogP contribution < -0.4 is 10.5 Å². The molecule has 6 nitrogen and oxygen atoms in total.